The molecular weight excluding hydrogens is 320 g/mol. The van der Waals surface area contributed by atoms with E-state index in [0.717, 1.165) is 32.2 Å². The van der Waals surface area contributed by atoms with Crippen molar-refractivity contribution in [3.8, 4) is 0 Å². The molecule has 2 fully saturated rings. The van der Waals surface area contributed by atoms with Crippen LogP contribution in [0.25, 0.3) is 0 Å². The van der Waals surface area contributed by atoms with Gasteiger partial charge in [0.2, 0.25) is 5.91 Å². The molecule has 0 radical (unpaired) electrons. The summed E-state index contributed by atoms with van der Waals surface area (Å²) in [5.74, 6) is 0.853. The van der Waals surface area contributed by atoms with Crippen molar-refractivity contribution in [1.82, 2.24) is 9.80 Å². The molecule has 0 N–H and O–H groups in total. The summed E-state index contributed by atoms with van der Waals surface area (Å²) in [7, 11) is 1.66. The third kappa shape index (κ3) is 2.97. The van der Waals surface area contributed by atoms with Gasteiger partial charge in [-0.2, -0.15) is 0 Å². The first-order valence-corrected chi connectivity index (χ1v) is 9.19. The molecule has 1 aromatic heterocycles. The lowest BCUT2D eigenvalue weighted by Gasteiger charge is -2.52. The summed E-state index contributed by atoms with van der Waals surface area (Å²) in [6.45, 7) is 5.78. The largest absolute Gasteiger partial charge is 0.469 e. The van der Waals surface area contributed by atoms with Gasteiger partial charge in [0, 0.05) is 26.6 Å². The molecule has 2 atom stereocenters. The fraction of sp³-hybridized carbons (Fsp3) is 0.684. The molecule has 0 bridgehead atoms. The van der Waals surface area contributed by atoms with Crippen molar-refractivity contribution in [1.29, 1.82) is 0 Å². The van der Waals surface area contributed by atoms with Crippen molar-refractivity contribution in [2.24, 2.45) is 0 Å². The second kappa shape index (κ2) is 7.20. The first-order valence-electron chi connectivity index (χ1n) is 9.19. The van der Waals surface area contributed by atoms with Crippen LogP contribution in [-0.4, -0.2) is 60.0 Å². The third-order valence-corrected chi connectivity index (χ3v) is 5.87. The van der Waals surface area contributed by atoms with E-state index in [2.05, 4.69) is 6.92 Å². The Morgan fingerprint density at radius 1 is 1.44 bits per heavy atom. The van der Waals surface area contributed by atoms with Crippen LogP contribution in [-0.2, 0) is 9.53 Å². The number of aryl methyl sites for hydroxylation is 1. The predicted molar refractivity (Wildman–Crippen MR) is 93.3 cm³/mol. The van der Waals surface area contributed by atoms with Gasteiger partial charge in [0.25, 0.3) is 5.91 Å². The van der Waals surface area contributed by atoms with E-state index in [0.29, 0.717) is 30.9 Å². The van der Waals surface area contributed by atoms with E-state index in [-0.39, 0.29) is 23.4 Å². The monoisotopic (exact) mass is 348 g/mol. The smallest absolute Gasteiger partial charge is 0.257 e. The number of hydrogen-bond donors (Lipinski definition) is 0. The molecule has 3 heterocycles. The van der Waals surface area contributed by atoms with Gasteiger partial charge in [-0.25, -0.2) is 0 Å². The highest BCUT2D eigenvalue weighted by molar-refractivity contribution is 5.95. The molecule has 25 heavy (non-hydrogen) atoms. The molecular formula is C19H28N2O4. The van der Waals surface area contributed by atoms with Crippen LogP contribution >= 0.6 is 0 Å². The lowest BCUT2D eigenvalue weighted by Crippen LogP contribution is -2.64. The van der Waals surface area contributed by atoms with Crippen LogP contribution in [0, 0.1) is 6.92 Å². The Kier molecular flexibility index (Phi) is 5.18. The highest BCUT2D eigenvalue weighted by Gasteiger charge is 2.54. The highest BCUT2D eigenvalue weighted by Crippen LogP contribution is 2.43. The van der Waals surface area contributed by atoms with Gasteiger partial charge in [-0.3, -0.25) is 9.59 Å². The maximum atomic E-state index is 13.1. The minimum absolute atomic E-state index is 0.0169. The van der Waals surface area contributed by atoms with Gasteiger partial charge < -0.3 is 19.0 Å². The second-order valence-corrected chi connectivity index (χ2v) is 7.06. The SMILES string of the molecule is CC[C@@H]1N(C(=O)c2ccoc2C)CCC[C@]12CCC(=O)N2CCOC. The van der Waals surface area contributed by atoms with Crippen molar-refractivity contribution in [3.63, 3.8) is 0 Å². The van der Waals surface area contributed by atoms with Crippen molar-refractivity contribution < 1.29 is 18.7 Å². The maximum Gasteiger partial charge on any atom is 0.257 e. The zero-order valence-electron chi connectivity index (χ0n) is 15.4. The van der Waals surface area contributed by atoms with E-state index in [1.807, 2.05) is 16.7 Å². The molecule has 2 aliphatic rings. The van der Waals surface area contributed by atoms with E-state index in [9.17, 15) is 9.59 Å². The summed E-state index contributed by atoms with van der Waals surface area (Å²) in [4.78, 5) is 29.6. The summed E-state index contributed by atoms with van der Waals surface area (Å²) in [5, 5.41) is 0. The third-order valence-electron chi connectivity index (χ3n) is 5.87. The molecule has 3 rings (SSSR count). The van der Waals surface area contributed by atoms with Crippen LogP contribution in [0.3, 0.4) is 0 Å². The minimum Gasteiger partial charge on any atom is -0.469 e. The lowest BCUT2D eigenvalue weighted by atomic mass is 9.77. The molecule has 6 heteroatoms. The second-order valence-electron chi connectivity index (χ2n) is 7.06. The quantitative estimate of drug-likeness (QED) is 0.820. The summed E-state index contributed by atoms with van der Waals surface area (Å²) in [5.41, 5.74) is 0.374. The van der Waals surface area contributed by atoms with Crippen LogP contribution in [0.4, 0.5) is 0 Å². The van der Waals surface area contributed by atoms with Crippen molar-refractivity contribution in [2.45, 2.75) is 57.5 Å². The topological polar surface area (TPSA) is 63.0 Å². The Labute approximate surface area is 149 Å². The van der Waals surface area contributed by atoms with Crippen LogP contribution in [0.2, 0.25) is 0 Å². The van der Waals surface area contributed by atoms with Crippen LogP contribution in [0.5, 0.6) is 0 Å². The molecule has 2 saturated heterocycles. The number of methoxy groups -OCH3 is 1. The molecule has 0 aliphatic carbocycles. The molecule has 138 valence electrons. The summed E-state index contributed by atoms with van der Waals surface area (Å²) >= 11 is 0. The van der Waals surface area contributed by atoms with Gasteiger partial charge in [-0.15, -0.1) is 0 Å². The number of carbonyl (C=O) groups is 2. The number of furan rings is 1. The summed E-state index contributed by atoms with van der Waals surface area (Å²) in [6, 6.07) is 1.78. The minimum atomic E-state index is -0.254. The average molecular weight is 348 g/mol. The number of piperidine rings is 1. The Balaban J connectivity index is 1.91. The first kappa shape index (κ1) is 18.0. The van der Waals surface area contributed by atoms with Crippen molar-refractivity contribution in [3.05, 3.63) is 23.7 Å². The molecule has 2 aliphatic heterocycles. The van der Waals surface area contributed by atoms with Gasteiger partial charge in [0.15, 0.2) is 0 Å². The summed E-state index contributed by atoms with van der Waals surface area (Å²) < 4.78 is 10.5. The Bertz CT molecular complexity index is 641. The predicted octanol–water partition coefficient (Wildman–Crippen LogP) is 2.61. The number of nitrogens with zero attached hydrogens (tertiary/aromatic N) is 2. The fourth-order valence-corrected chi connectivity index (χ4v) is 4.75. The van der Waals surface area contributed by atoms with Crippen molar-refractivity contribution in [2.75, 3.05) is 26.8 Å². The zero-order chi connectivity index (χ0) is 18.0. The van der Waals surface area contributed by atoms with E-state index in [1.165, 1.54) is 0 Å². The Morgan fingerprint density at radius 2 is 2.24 bits per heavy atom. The average Bonchev–Trinajstić information content (AvgIpc) is 3.17. The van der Waals surface area contributed by atoms with Gasteiger partial charge in [0.1, 0.15) is 5.76 Å². The van der Waals surface area contributed by atoms with Gasteiger partial charge in [-0.1, -0.05) is 6.92 Å². The van der Waals surface area contributed by atoms with Crippen molar-refractivity contribution >= 4 is 11.8 Å². The normalized spacial score (nSPS) is 26.7. The van der Waals surface area contributed by atoms with E-state index >= 15 is 0 Å². The molecule has 0 saturated carbocycles. The number of carbonyl (C=O) groups excluding carboxylic acids is 2. The number of amides is 2. The standard InChI is InChI=1S/C19H28N2O4/c1-4-16-19(9-6-17(22)21(19)11-13-24-3)8-5-10-20(16)18(23)15-7-12-25-14(15)2/h7,12,16H,4-6,8-11,13H2,1-3H3/t16-,19-/m0/s1. The lowest BCUT2D eigenvalue weighted by molar-refractivity contribution is -0.135. The Hall–Kier alpha value is -1.82. The molecule has 1 aromatic rings. The fourth-order valence-electron chi connectivity index (χ4n) is 4.75. The van der Waals surface area contributed by atoms with Crippen LogP contribution in [0.15, 0.2) is 16.7 Å². The number of rotatable bonds is 5. The van der Waals surface area contributed by atoms with Gasteiger partial charge >= 0.3 is 0 Å². The van der Waals surface area contributed by atoms with E-state index < -0.39 is 0 Å². The number of hydrogen-bond acceptors (Lipinski definition) is 4. The zero-order valence-corrected chi connectivity index (χ0v) is 15.4. The molecule has 6 nitrogen and oxygen atoms in total. The number of ether oxygens (including phenoxy) is 1. The van der Waals surface area contributed by atoms with Crippen LogP contribution in [0.1, 0.15) is 55.1 Å². The molecule has 0 aromatic carbocycles. The summed E-state index contributed by atoms with van der Waals surface area (Å²) in [6.07, 6.45) is 5.65. The molecule has 2 amide bonds. The first-order chi connectivity index (χ1) is 12.0. The van der Waals surface area contributed by atoms with E-state index in [1.54, 1.807) is 19.4 Å². The molecule has 1 spiro atoms. The maximum absolute atomic E-state index is 13.1. The van der Waals surface area contributed by atoms with E-state index in [4.69, 9.17) is 9.15 Å². The number of likely N-dealkylation sites (tertiary alicyclic amines) is 2. The van der Waals surface area contributed by atoms with Gasteiger partial charge in [-0.05, 0) is 38.7 Å². The van der Waals surface area contributed by atoms with Crippen LogP contribution < -0.4 is 0 Å². The Morgan fingerprint density at radius 3 is 2.88 bits per heavy atom. The van der Waals surface area contributed by atoms with Gasteiger partial charge in [0.05, 0.1) is 30.0 Å². The highest BCUT2D eigenvalue weighted by atomic mass is 16.5. The molecule has 0 unspecified atom stereocenters.